The molecule has 0 aliphatic carbocycles. The Balaban J connectivity index is 1.85. The van der Waals surface area contributed by atoms with Crippen LogP contribution in [-0.4, -0.2) is 15.8 Å². The summed E-state index contributed by atoms with van der Waals surface area (Å²) in [4.78, 5) is 21.4. The van der Waals surface area contributed by atoms with Crippen LogP contribution in [0.5, 0.6) is 0 Å². The molecule has 0 saturated carbocycles. The van der Waals surface area contributed by atoms with Gasteiger partial charge in [0.1, 0.15) is 16.6 Å². The van der Waals surface area contributed by atoms with Crippen LogP contribution >= 0.6 is 11.3 Å². The molecule has 0 fully saturated rings. The average Bonchev–Trinajstić information content (AvgIpc) is 3.14. The van der Waals surface area contributed by atoms with Crippen LogP contribution in [0.15, 0.2) is 59.6 Å². The first-order valence-corrected chi connectivity index (χ1v) is 9.40. The van der Waals surface area contributed by atoms with E-state index in [4.69, 9.17) is 0 Å². The van der Waals surface area contributed by atoms with E-state index < -0.39 is 0 Å². The maximum Gasteiger partial charge on any atom is 0.203 e. The lowest BCUT2D eigenvalue weighted by atomic mass is 9.86. The third-order valence-electron chi connectivity index (χ3n) is 4.08. The van der Waals surface area contributed by atoms with Crippen molar-refractivity contribution in [2.45, 2.75) is 26.2 Å². The summed E-state index contributed by atoms with van der Waals surface area (Å²) in [7, 11) is 0. The van der Waals surface area contributed by atoms with Gasteiger partial charge in [-0.2, -0.15) is 5.26 Å². The largest absolute Gasteiger partial charge is 0.288 e. The monoisotopic (exact) mass is 373 g/mol. The molecule has 0 bridgehead atoms. The van der Waals surface area contributed by atoms with Crippen LogP contribution in [-0.2, 0) is 5.41 Å². The highest BCUT2D eigenvalue weighted by Crippen LogP contribution is 2.25. The number of carbonyl (C=O) groups excluding carboxylic acids is 1. The van der Waals surface area contributed by atoms with E-state index in [0.717, 1.165) is 16.3 Å². The minimum absolute atomic E-state index is 0.0119. The molecule has 0 aliphatic rings. The number of benzene rings is 1. The zero-order chi connectivity index (χ0) is 19.4. The summed E-state index contributed by atoms with van der Waals surface area (Å²) in [6.45, 7) is 6.35. The summed E-state index contributed by atoms with van der Waals surface area (Å²) in [5.74, 6) is -0.301. The Bertz CT molecular complexity index is 1020. The molecule has 4 nitrogen and oxygen atoms in total. The van der Waals surface area contributed by atoms with Crippen LogP contribution in [0.1, 0.15) is 42.4 Å². The van der Waals surface area contributed by atoms with Crippen LogP contribution in [0.3, 0.4) is 0 Å². The number of Topliss-reactive ketones (excluding diaryl/α,β-unsaturated/α-hetero) is 1. The number of nitrogens with zero attached hydrogens (tertiary/aromatic N) is 3. The SMILES string of the molecule is CC(C)(C)c1ccc(C(=O)C(C#N)=Cc2csc(-c3ccccn3)n2)cc1. The maximum atomic E-state index is 12.7. The van der Waals surface area contributed by atoms with Crippen LogP contribution in [0, 0.1) is 11.3 Å². The summed E-state index contributed by atoms with van der Waals surface area (Å²) in [5.41, 5.74) is 3.06. The molecule has 0 amide bonds. The van der Waals surface area contributed by atoms with Crippen molar-refractivity contribution in [1.29, 1.82) is 5.26 Å². The fraction of sp³-hybridized carbons (Fsp3) is 0.182. The number of hydrogen-bond acceptors (Lipinski definition) is 5. The third-order valence-corrected chi connectivity index (χ3v) is 4.96. The fourth-order valence-electron chi connectivity index (χ4n) is 2.53. The number of nitriles is 1. The van der Waals surface area contributed by atoms with Gasteiger partial charge in [0.15, 0.2) is 0 Å². The molecule has 2 aromatic heterocycles. The quantitative estimate of drug-likeness (QED) is 0.354. The number of aromatic nitrogens is 2. The van der Waals surface area contributed by atoms with Crippen LogP contribution < -0.4 is 0 Å². The molecule has 0 radical (unpaired) electrons. The van der Waals surface area contributed by atoms with Crippen molar-refractivity contribution in [3.05, 3.63) is 76.4 Å². The maximum absolute atomic E-state index is 12.7. The Morgan fingerprint density at radius 1 is 1.15 bits per heavy atom. The number of rotatable bonds is 4. The lowest BCUT2D eigenvalue weighted by Crippen LogP contribution is -2.11. The van der Waals surface area contributed by atoms with Crippen molar-refractivity contribution in [3.63, 3.8) is 0 Å². The molecular weight excluding hydrogens is 354 g/mol. The Hall–Kier alpha value is -3.10. The molecule has 0 N–H and O–H groups in total. The van der Waals surface area contributed by atoms with Gasteiger partial charge in [-0.15, -0.1) is 11.3 Å². The van der Waals surface area contributed by atoms with E-state index in [1.807, 2.05) is 41.8 Å². The third kappa shape index (κ3) is 4.36. The normalized spacial score (nSPS) is 11.9. The first kappa shape index (κ1) is 18.7. The summed E-state index contributed by atoms with van der Waals surface area (Å²) < 4.78 is 0. The van der Waals surface area contributed by atoms with E-state index in [1.54, 1.807) is 18.3 Å². The van der Waals surface area contributed by atoms with Gasteiger partial charge in [-0.25, -0.2) is 4.98 Å². The van der Waals surface area contributed by atoms with E-state index in [1.165, 1.54) is 17.4 Å². The molecule has 134 valence electrons. The molecule has 3 rings (SSSR count). The highest BCUT2D eigenvalue weighted by molar-refractivity contribution is 7.13. The minimum atomic E-state index is -0.301. The Labute approximate surface area is 162 Å². The highest BCUT2D eigenvalue weighted by Gasteiger charge is 2.17. The van der Waals surface area contributed by atoms with Crippen LogP contribution in [0.25, 0.3) is 16.8 Å². The Morgan fingerprint density at radius 3 is 2.48 bits per heavy atom. The van der Waals surface area contributed by atoms with Crippen molar-refractivity contribution in [1.82, 2.24) is 9.97 Å². The lowest BCUT2D eigenvalue weighted by Gasteiger charge is -2.18. The number of thiazole rings is 1. The van der Waals surface area contributed by atoms with Gasteiger partial charge in [-0.05, 0) is 29.2 Å². The molecule has 0 spiro atoms. The summed E-state index contributed by atoms with van der Waals surface area (Å²) in [6.07, 6.45) is 3.24. The topological polar surface area (TPSA) is 66.6 Å². The molecule has 0 unspecified atom stereocenters. The molecule has 27 heavy (non-hydrogen) atoms. The highest BCUT2D eigenvalue weighted by atomic mass is 32.1. The van der Waals surface area contributed by atoms with Gasteiger partial charge in [0, 0.05) is 17.1 Å². The lowest BCUT2D eigenvalue weighted by molar-refractivity contribution is 0.104. The molecule has 1 aromatic carbocycles. The van der Waals surface area contributed by atoms with Gasteiger partial charge in [0.05, 0.1) is 11.4 Å². The number of ketones is 1. The number of hydrogen-bond donors (Lipinski definition) is 0. The summed E-state index contributed by atoms with van der Waals surface area (Å²) in [6, 6.07) is 15.0. The van der Waals surface area contributed by atoms with Crippen molar-refractivity contribution in [3.8, 4) is 16.8 Å². The van der Waals surface area contributed by atoms with E-state index in [9.17, 15) is 10.1 Å². The second-order valence-electron chi connectivity index (χ2n) is 7.12. The average molecular weight is 373 g/mol. The van der Waals surface area contributed by atoms with Crippen LogP contribution in [0.4, 0.5) is 0 Å². The van der Waals surface area contributed by atoms with Crippen molar-refractivity contribution in [2.24, 2.45) is 0 Å². The predicted octanol–water partition coefficient (Wildman–Crippen LogP) is 5.29. The molecule has 3 aromatic rings. The Kier molecular flexibility index (Phi) is 5.29. The molecule has 0 saturated heterocycles. The molecule has 0 aliphatic heterocycles. The Morgan fingerprint density at radius 2 is 1.89 bits per heavy atom. The zero-order valence-corrected chi connectivity index (χ0v) is 16.2. The molecular formula is C22H19N3OS. The fourth-order valence-corrected chi connectivity index (χ4v) is 3.29. The van der Waals surface area contributed by atoms with Gasteiger partial charge >= 0.3 is 0 Å². The van der Waals surface area contributed by atoms with E-state index in [0.29, 0.717) is 11.3 Å². The van der Waals surface area contributed by atoms with E-state index in [-0.39, 0.29) is 16.8 Å². The first-order chi connectivity index (χ1) is 12.9. The van der Waals surface area contributed by atoms with E-state index in [2.05, 4.69) is 30.7 Å². The predicted molar refractivity (Wildman–Crippen MR) is 108 cm³/mol. The van der Waals surface area contributed by atoms with Gasteiger partial charge in [0.25, 0.3) is 0 Å². The van der Waals surface area contributed by atoms with Gasteiger partial charge in [0.2, 0.25) is 5.78 Å². The van der Waals surface area contributed by atoms with Crippen molar-refractivity contribution < 1.29 is 4.79 Å². The first-order valence-electron chi connectivity index (χ1n) is 8.52. The van der Waals surface area contributed by atoms with Gasteiger partial charge < -0.3 is 0 Å². The standard InChI is InChI=1S/C22H19N3OS/c1-22(2,3)17-9-7-15(8-10-17)20(26)16(13-23)12-18-14-27-21(25-18)19-6-4-5-11-24-19/h4-12,14H,1-3H3. The molecule has 0 atom stereocenters. The number of carbonyl (C=O) groups is 1. The van der Waals surface area contributed by atoms with Crippen molar-refractivity contribution >= 4 is 23.2 Å². The van der Waals surface area contributed by atoms with Crippen LogP contribution in [0.2, 0.25) is 0 Å². The number of pyridine rings is 1. The van der Waals surface area contributed by atoms with Gasteiger partial charge in [-0.3, -0.25) is 9.78 Å². The summed E-state index contributed by atoms with van der Waals surface area (Å²) in [5, 5.41) is 12.0. The molecule has 5 heteroatoms. The van der Waals surface area contributed by atoms with E-state index >= 15 is 0 Å². The minimum Gasteiger partial charge on any atom is -0.288 e. The number of allylic oxidation sites excluding steroid dienone is 1. The second kappa shape index (κ2) is 7.65. The second-order valence-corrected chi connectivity index (χ2v) is 7.98. The van der Waals surface area contributed by atoms with Gasteiger partial charge in [-0.1, -0.05) is 51.1 Å². The van der Waals surface area contributed by atoms with Crippen molar-refractivity contribution in [2.75, 3.05) is 0 Å². The molecule has 2 heterocycles. The summed E-state index contributed by atoms with van der Waals surface area (Å²) >= 11 is 1.43. The zero-order valence-electron chi connectivity index (χ0n) is 15.4. The smallest absolute Gasteiger partial charge is 0.203 e.